The Morgan fingerprint density at radius 1 is 1.26 bits per heavy atom. The number of hydrogen-bond acceptors (Lipinski definition) is 2. The molecule has 0 saturated heterocycles. The molecule has 0 fully saturated rings. The molecule has 0 spiro atoms. The highest BCUT2D eigenvalue weighted by Gasteiger charge is 2.16. The van der Waals surface area contributed by atoms with Crippen molar-refractivity contribution in [3.05, 3.63) is 54.6 Å². The highest BCUT2D eigenvalue weighted by Crippen LogP contribution is 2.02. The van der Waals surface area contributed by atoms with E-state index in [0.717, 1.165) is 0 Å². The lowest BCUT2D eigenvalue weighted by molar-refractivity contribution is -0.137. The Labute approximate surface area is 117 Å². The van der Waals surface area contributed by atoms with Crippen LogP contribution in [-0.2, 0) is 9.53 Å². The molecule has 0 heterocycles. The molecule has 0 atom stereocenters. The van der Waals surface area contributed by atoms with Crippen molar-refractivity contribution in [2.75, 3.05) is 6.23 Å². The second-order valence-electron chi connectivity index (χ2n) is 5.53. The van der Waals surface area contributed by atoms with E-state index in [-0.39, 0.29) is 5.97 Å². The third-order valence-electron chi connectivity index (χ3n) is 2.02. The van der Waals surface area contributed by atoms with Gasteiger partial charge in [0.15, 0.2) is 0 Å². The molecule has 1 aromatic rings. The number of rotatable bonds is 4. The number of ether oxygens (including phenoxy) is 1. The Hall–Kier alpha value is -1.61. The molecule has 1 rings (SSSR count). The van der Waals surface area contributed by atoms with Crippen LogP contribution in [0.25, 0.3) is 6.08 Å². The van der Waals surface area contributed by atoms with Gasteiger partial charge in [0.1, 0.15) is 0 Å². The van der Waals surface area contributed by atoms with Crippen molar-refractivity contribution in [1.82, 2.24) is 0 Å². The van der Waals surface area contributed by atoms with E-state index in [1.165, 1.54) is 5.56 Å². The lowest BCUT2D eigenvalue weighted by Crippen LogP contribution is -2.29. The van der Waals surface area contributed by atoms with Crippen molar-refractivity contribution < 1.29 is 9.53 Å². The van der Waals surface area contributed by atoms with Crippen LogP contribution in [0.3, 0.4) is 0 Å². The molecule has 3 heteroatoms. The normalized spacial score (nSPS) is 9.89. The lowest BCUT2D eigenvalue weighted by Gasteiger charge is -2.15. The Kier molecular flexibility index (Phi) is 7.76. The summed E-state index contributed by atoms with van der Waals surface area (Å²) in [6.07, 6.45) is 2.42. The predicted octanol–water partition coefficient (Wildman–Crippen LogP) is 4.31. The van der Waals surface area contributed by atoms with Gasteiger partial charge in [-0.15, -0.1) is 0 Å². The van der Waals surface area contributed by atoms with E-state index in [4.69, 9.17) is 4.74 Å². The summed E-state index contributed by atoms with van der Waals surface area (Å²) in [6.45, 7) is 15.2. The van der Waals surface area contributed by atoms with Gasteiger partial charge in [-0.1, -0.05) is 69.2 Å². The highest BCUT2D eigenvalue weighted by atomic mass is 28.3. The van der Waals surface area contributed by atoms with Gasteiger partial charge in [-0.2, -0.15) is 0 Å². The van der Waals surface area contributed by atoms with E-state index in [0.29, 0.717) is 11.8 Å². The molecule has 0 aliphatic heterocycles. The average Bonchev–Trinajstić information content (AvgIpc) is 2.36. The maximum atomic E-state index is 10.9. The van der Waals surface area contributed by atoms with Crippen LogP contribution in [0.4, 0.5) is 0 Å². The minimum absolute atomic E-state index is 0.271. The Morgan fingerprint density at radius 3 is 2.11 bits per heavy atom. The third-order valence-corrected chi connectivity index (χ3v) is 3.03. The number of carbonyl (C=O) groups excluding carboxylic acids is 1. The van der Waals surface area contributed by atoms with E-state index in [1.54, 1.807) is 6.92 Å². The van der Waals surface area contributed by atoms with Gasteiger partial charge in [0.05, 0.1) is 14.3 Å². The van der Waals surface area contributed by atoms with Crippen LogP contribution < -0.4 is 0 Å². The van der Waals surface area contributed by atoms with Gasteiger partial charge in [0.25, 0.3) is 0 Å². The van der Waals surface area contributed by atoms with E-state index in [1.807, 2.05) is 36.4 Å². The average molecular weight is 276 g/mol. The molecule has 0 aliphatic rings. The summed E-state index contributed by atoms with van der Waals surface area (Å²) < 4.78 is 4.99. The summed E-state index contributed by atoms with van der Waals surface area (Å²) in [5, 5.41) is 0. The molecule has 0 saturated carbocycles. The third kappa shape index (κ3) is 10.0. The molecule has 0 bridgehead atoms. The summed E-state index contributed by atoms with van der Waals surface area (Å²) in [6, 6.07) is 10.0. The minimum Gasteiger partial charge on any atom is -0.466 e. The topological polar surface area (TPSA) is 26.3 Å². The van der Waals surface area contributed by atoms with Crippen molar-refractivity contribution in [3.8, 4) is 0 Å². The predicted molar refractivity (Wildman–Crippen MR) is 85.7 cm³/mol. The molecule has 0 aromatic heterocycles. The van der Waals surface area contributed by atoms with E-state index >= 15 is 0 Å². The van der Waals surface area contributed by atoms with Crippen LogP contribution in [0.2, 0.25) is 19.6 Å². The molecule has 0 unspecified atom stereocenters. The Morgan fingerprint density at radius 2 is 1.79 bits per heavy atom. The van der Waals surface area contributed by atoms with E-state index < -0.39 is 8.07 Å². The van der Waals surface area contributed by atoms with Crippen molar-refractivity contribution >= 4 is 20.1 Å². The van der Waals surface area contributed by atoms with Gasteiger partial charge in [-0.3, -0.25) is 0 Å². The summed E-state index contributed by atoms with van der Waals surface area (Å²) >= 11 is 0. The molecular weight excluding hydrogens is 252 g/mol. The van der Waals surface area contributed by atoms with Crippen molar-refractivity contribution in [2.24, 2.45) is 0 Å². The number of carbonyl (C=O) groups is 1. The van der Waals surface area contributed by atoms with Gasteiger partial charge >= 0.3 is 5.97 Å². The van der Waals surface area contributed by atoms with Crippen molar-refractivity contribution in [2.45, 2.75) is 26.6 Å². The number of esters is 1. The molecule has 0 aliphatic carbocycles. The van der Waals surface area contributed by atoms with Crippen molar-refractivity contribution in [1.29, 1.82) is 0 Å². The molecule has 0 radical (unpaired) electrons. The lowest BCUT2D eigenvalue weighted by atomic mass is 10.2. The molecule has 0 amide bonds. The molecule has 19 heavy (non-hydrogen) atoms. The first-order valence-electron chi connectivity index (χ1n) is 6.26. The van der Waals surface area contributed by atoms with Gasteiger partial charge in [-0.25, -0.2) is 4.79 Å². The monoisotopic (exact) mass is 276 g/mol. The molecule has 0 N–H and O–H groups in total. The Bertz CT molecular complexity index is 416. The summed E-state index contributed by atoms with van der Waals surface area (Å²) in [7, 11) is -1.25. The zero-order chi connectivity index (χ0) is 14.9. The maximum absolute atomic E-state index is 10.9. The van der Waals surface area contributed by atoms with Crippen LogP contribution >= 0.6 is 0 Å². The van der Waals surface area contributed by atoms with Gasteiger partial charge < -0.3 is 4.74 Å². The fourth-order valence-corrected chi connectivity index (χ4v) is 1.56. The fraction of sp³-hybridized carbons (Fsp3) is 0.312. The SMILES string of the molecule is C=C(C)C(=O)OC[Si](C)(C)C.C=Cc1ccccc1. The number of benzene rings is 1. The first kappa shape index (κ1) is 17.4. The summed E-state index contributed by atoms with van der Waals surface area (Å²) in [5.41, 5.74) is 1.65. The smallest absolute Gasteiger partial charge is 0.332 e. The molecule has 104 valence electrons. The number of hydrogen-bond donors (Lipinski definition) is 0. The summed E-state index contributed by atoms with van der Waals surface area (Å²) in [5.74, 6) is -0.271. The van der Waals surface area contributed by atoms with Crippen LogP contribution in [0.1, 0.15) is 12.5 Å². The second kappa shape index (κ2) is 8.48. The molecular formula is C16H24O2Si. The van der Waals surface area contributed by atoms with Crippen LogP contribution in [0.15, 0.2) is 49.1 Å². The first-order chi connectivity index (χ1) is 8.76. The maximum Gasteiger partial charge on any atom is 0.332 e. The fourth-order valence-electron chi connectivity index (χ4n) is 0.994. The van der Waals surface area contributed by atoms with Gasteiger partial charge in [0, 0.05) is 5.57 Å². The van der Waals surface area contributed by atoms with E-state index in [2.05, 4.69) is 32.8 Å². The zero-order valence-electron chi connectivity index (χ0n) is 12.4. The van der Waals surface area contributed by atoms with Crippen LogP contribution in [0.5, 0.6) is 0 Å². The molecule has 2 nitrogen and oxygen atoms in total. The quantitative estimate of drug-likeness (QED) is 0.465. The molecule has 1 aromatic carbocycles. The van der Waals surface area contributed by atoms with E-state index in [9.17, 15) is 4.79 Å². The summed E-state index contributed by atoms with van der Waals surface area (Å²) in [4.78, 5) is 10.9. The Balaban J connectivity index is 0.000000356. The standard InChI is InChI=1S/C8H16O2Si.C8H8/c1-7(2)8(9)10-6-11(3,4)5;1-2-8-6-4-3-5-7-8/h1,6H2,2-5H3;2-7H,1H2. The first-order valence-corrected chi connectivity index (χ1v) is 9.97. The zero-order valence-corrected chi connectivity index (χ0v) is 13.4. The van der Waals surface area contributed by atoms with Crippen LogP contribution in [-0.4, -0.2) is 20.3 Å². The van der Waals surface area contributed by atoms with Gasteiger partial charge in [-0.05, 0) is 12.5 Å². The van der Waals surface area contributed by atoms with Crippen LogP contribution in [0, 0.1) is 0 Å². The second-order valence-corrected chi connectivity index (χ2v) is 10.9. The van der Waals surface area contributed by atoms with Crippen molar-refractivity contribution in [3.63, 3.8) is 0 Å². The highest BCUT2D eigenvalue weighted by molar-refractivity contribution is 6.76. The minimum atomic E-state index is -1.25. The largest absolute Gasteiger partial charge is 0.466 e. The van der Waals surface area contributed by atoms with Gasteiger partial charge in [0.2, 0.25) is 0 Å².